The first-order chi connectivity index (χ1) is 8.06. The highest BCUT2D eigenvalue weighted by Crippen LogP contribution is 2.32. The molecule has 5 nitrogen and oxygen atoms in total. The Balaban J connectivity index is 2.32. The number of alkyl halides is 2. The molecule has 0 radical (unpaired) electrons. The summed E-state index contributed by atoms with van der Waals surface area (Å²) in [5, 5.41) is 3.84. The Hall–Kier alpha value is -2.18. The van der Waals surface area contributed by atoms with Crippen LogP contribution in [0.15, 0.2) is 24.5 Å². The Morgan fingerprint density at radius 2 is 2.18 bits per heavy atom. The quantitative estimate of drug-likeness (QED) is 0.834. The topological polar surface area (TPSA) is 66.0 Å². The molecule has 90 valence electrons. The summed E-state index contributed by atoms with van der Waals surface area (Å²) in [5.74, 6) is 0.000370. The van der Waals surface area contributed by atoms with Gasteiger partial charge in [0, 0.05) is 12.7 Å². The molecule has 0 amide bonds. The number of anilines is 1. The van der Waals surface area contributed by atoms with Gasteiger partial charge in [-0.2, -0.15) is 4.98 Å². The minimum absolute atomic E-state index is 0.000370. The summed E-state index contributed by atoms with van der Waals surface area (Å²) in [4.78, 5) is 3.79. The number of aryl methyl sites for hydroxylation is 1. The molecule has 0 unspecified atom stereocenters. The Morgan fingerprint density at radius 1 is 1.41 bits per heavy atom. The van der Waals surface area contributed by atoms with Crippen LogP contribution in [-0.4, -0.2) is 14.8 Å². The summed E-state index contributed by atoms with van der Waals surface area (Å²) in [7, 11) is 1.65. The van der Waals surface area contributed by atoms with Gasteiger partial charge in [0.1, 0.15) is 12.1 Å². The average molecular weight is 240 g/mol. The van der Waals surface area contributed by atoms with Gasteiger partial charge >= 0.3 is 6.01 Å². The highest BCUT2D eigenvalue weighted by molar-refractivity contribution is 5.49. The fraction of sp³-hybridized carbons (Fsp3) is 0.200. The average Bonchev–Trinajstić information content (AvgIpc) is 2.66. The van der Waals surface area contributed by atoms with E-state index < -0.39 is 6.43 Å². The van der Waals surface area contributed by atoms with Crippen LogP contribution in [0.5, 0.6) is 11.8 Å². The largest absolute Gasteiger partial charge is 0.423 e. The number of nitrogen functional groups attached to an aromatic ring is 1. The van der Waals surface area contributed by atoms with Gasteiger partial charge in [-0.15, -0.1) is 5.10 Å². The SMILES string of the molecule is Cn1cnc(Oc2ccc(N)cc2C(F)F)n1. The van der Waals surface area contributed by atoms with E-state index in [2.05, 4.69) is 10.1 Å². The van der Waals surface area contributed by atoms with Crippen LogP contribution in [0.1, 0.15) is 12.0 Å². The molecule has 1 aromatic carbocycles. The number of nitrogens with two attached hydrogens (primary N) is 1. The van der Waals surface area contributed by atoms with Crippen molar-refractivity contribution < 1.29 is 13.5 Å². The van der Waals surface area contributed by atoms with Crippen molar-refractivity contribution in [2.75, 3.05) is 5.73 Å². The predicted molar refractivity (Wildman–Crippen MR) is 56.9 cm³/mol. The van der Waals surface area contributed by atoms with E-state index in [-0.39, 0.29) is 23.0 Å². The molecule has 0 fully saturated rings. The van der Waals surface area contributed by atoms with Crippen molar-refractivity contribution >= 4 is 5.69 Å². The molecule has 0 saturated carbocycles. The van der Waals surface area contributed by atoms with Crippen molar-refractivity contribution in [1.82, 2.24) is 14.8 Å². The van der Waals surface area contributed by atoms with Crippen LogP contribution in [0, 0.1) is 0 Å². The van der Waals surface area contributed by atoms with Crippen molar-refractivity contribution in [2.24, 2.45) is 7.05 Å². The maximum absolute atomic E-state index is 12.7. The molecule has 0 bridgehead atoms. The van der Waals surface area contributed by atoms with E-state index in [1.165, 1.54) is 29.2 Å². The van der Waals surface area contributed by atoms with Crippen LogP contribution in [0.25, 0.3) is 0 Å². The van der Waals surface area contributed by atoms with Crippen molar-refractivity contribution in [3.63, 3.8) is 0 Å². The first-order valence-corrected chi connectivity index (χ1v) is 4.77. The second kappa shape index (κ2) is 4.36. The third kappa shape index (κ3) is 2.49. The summed E-state index contributed by atoms with van der Waals surface area (Å²) in [5.41, 5.74) is 5.41. The zero-order valence-electron chi connectivity index (χ0n) is 8.97. The number of aromatic nitrogens is 3. The highest BCUT2D eigenvalue weighted by Gasteiger charge is 2.16. The van der Waals surface area contributed by atoms with Gasteiger partial charge in [-0.25, -0.2) is 8.78 Å². The smallest absolute Gasteiger partial charge is 0.340 e. The van der Waals surface area contributed by atoms with Gasteiger partial charge in [0.2, 0.25) is 0 Å². The minimum Gasteiger partial charge on any atom is -0.423 e. The number of hydrogen-bond donors (Lipinski definition) is 1. The van der Waals surface area contributed by atoms with Gasteiger partial charge < -0.3 is 10.5 Å². The Kier molecular flexibility index (Phi) is 2.90. The van der Waals surface area contributed by atoms with Crippen molar-refractivity contribution in [2.45, 2.75) is 6.43 Å². The van der Waals surface area contributed by atoms with E-state index in [9.17, 15) is 8.78 Å². The molecule has 7 heteroatoms. The first-order valence-electron chi connectivity index (χ1n) is 4.77. The van der Waals surface area contributed by atoms with Crippen molar-refractivity contribution in [3.8, 4) is 11.8 Å². The lowest BCUT2D eigenvalue weighted by Crippen LogP contribution is -1.96. The van der Waals surface area contributed by atoms with Gasteiger partial charge in [0.15, 0.2) is 0 Å². The standard InChI is InChI=1S/C10H10F2N4O/c1-16-5-14-10(15-16)17-8-3-2-6(13)4-7(8)9(11)12/h2-5,9H,13H2,1H3. The molecular weight excluding hydrogens is 230 g/mol. The number of rotatable bonds is 3. The second-order valence-electron chi connectivity index (χ2n) is 3.40. The van der Waals surface area contributed by atoms with Crippen LogP contribution in [0.4, 0.5) is 14.5 Å². The van der Waals surface area contributed by atoms with E-state index >= 15 is 0 Å². The molecule has 0 aliphatic carbocycles. The summed E-state index contributed by atoms with van der Waals surface area (Å²) in [6.45, 7) is 0. The molecule has 0 spiro atoms. The van der Waals surface area contributed by atoms with Crippen molar-refractivity contribution in [1.29, 1.82) is 0 Å². The monoisotopic (exact) mass is 240 g/mol. The number of hydrogen-bond acceptors (Lipinski definition) is 4. The van der Waals surface area contributed by atoms with Gasteiger partial charge in [-0.3, -0.25) is 4.68 Å². The summed E-state index contributed by atoms with van der Waals surface area (Å²) in [6.07, 6.45) is -1.26. The second-order valence-corrected chi connectivity index (χ2v) is 3.40. The maximum atomic E-state index is 12.7. The lowest BCUT2D eigenvalue weighted by atomic mass is 10.2. The number of nitrogens with zero attached hydrogens (tertiary/aromatic N) is 3. The fourth-order valence-corrected chi connectivity index (χ4v) is 1.30. The van der Waals surface area contributed by atoms with Crippen LogP contribution >= 0.6 is 0 Å². The molecule has 2 N–H and O–H groups in total. The van der Waals surface area contributed by atoms with Crippen LogP contribution in [0.3, 0.4) is 0 Å². The van der Waals surface area contributed by atoms with E-state index in [0.717, 1.165) is 0 Å². The minimum atomic E-state index is -2.67. The summed E-state index contributed by atoms with van der Waals surface area (Å²) < 4.78 is 32.0. The molecule has 2 rings (SSSR count). The normalized spacial score (nSPS) is 10.8. The summed E-state index contributed by atoms with van der Waals surface area (Å²) >= 11 is 0. The number of halogens is 2. The fourth-order valence-electron chi connectivity index (χ4n) is 1.30. The first kappa shape index (κ1) is 11.3. The van der Waals surface area contributed by atoms with Crippen LogP contribution < -0.4 is 10.5 Å². The summed E-state index contributed by atoms with van der Waals surface area (Å²) in [6, 6.07) is 4.03. The molecule has 1 heterocycles. The Morgan fingerprint density at radius 3 is 2.76 bits per heavy atom. The third-order valence-electron chi connectivity index (χ3n) is 2.05. The van der Waals surface area contributed by atoms with E-state index in [0.29, 0.717) is 0 Å². The highest BCUT2D eigenvalue weighted by atomic mass is 19.3. The third-order valence-corrected chi connectivity index (χ3v) is 2.05. The van der Waals surface area contributed by atoms with E-state index in [1.54, 1.807) is 7.05 Å². The lowest BCUT2D eigenvalue weighted by molar-refractivity contribution is 0.148. The Labute approximate surface area is 95.8 Å². The van der Waals surface area contributed by atoms with Crippen LogP contribution in [-0.2, 0) is 7.05 Å². The molecule has 17 heavy (non-hydrogen) atoms. The van der Waals surface area contributed by atoms with E-state index in [4.69, 9.17) is 10.5 Å². The zero-order valence-corrected chi connectivity index (χ0v) is 8.97. The predicted octanol–water partition coefficient (Wildman–Crippen LogP) is 2.13. The maximum Gasteiger partial charge on any atom is 0.340 e. The molecule has 0 saturated heterocycles. The molecule has 0 aliphatic heterocycles. The van der Waals surface area contributed by atoms with E-state index in [1.807, 2.05) is 0 Å². The molecular formula is C10H10F2N4O. The van der Waals surface area contributed by atoms with Gasteiger partial charge in [-0.1, -0.05) is 0 Å². The molecule has 0 aliphatic rings. The van der Waals surface area contributed by atoms with Crippen LogP contribution in [0.2, 0.25) is 0 Å². The lowest BCUT2D eigenvalue weighted by Gasteiger charge is -2.08. The van der Waals surface area contributed by atoms with Gasteiger partial charge in [0.05, 0.1) is 5.56 Å². The molecule has 2 aromatic rings. The van der Waals surface area contributed by atoms with Crippen molar-refractivity contribution in [3.05, 3.63) is 30.1 Å². The van der Waals surface area contributed by atoms with Gasteiger partial charge in [-0.05, 0) is 18.2 Å². The molecule has 0 atom stereocenters. The Bertz CT molecular complexity index is 527. The number of benzene rings is 1. The zero-order chi connectivity index (χ0) is 12.4. The molecule has 1 aromatic heterocycles. The number of ether oxygens (including phenoxy) is 1. The van der Waals surface area contributed by atoms with Gasteiger partial charge in [0.25, 0.3) is 6.43 Å².